The van der Waals surface area contributed by atoms with E-state index < -0.39 is 0 Å². The normalized spacial score (nSPS) is 10.4. The molecule has 1 aromatic rings. The molecule has 2 heteroatoms. The molecule has 0 aromatic heterocycles. The van der Waals surface area contributed by atoms with Gasteiger partial charge in [-0.1, -0.05) is 51.5 Å². The zero-order valence-corrected chi connectivity index (χ0v) is 16.1. The maximum absolute atomic E-state index is 5.40. The summed E-state index contributed by atoms with van der Waals surface area (Å²) in [7, 11) is 3.46. The molecule has 22 heavy (non-hydrogen) atoms. The first-order valence-electron chi connectivity index (χ1n) is 8.35. The van der Waals surface area contributed by atoms with Crippen LogP contribution in [0, 0.1) is 6.92 Å². The van der Waals surface area contributed by atoms with Crippen molar-refractivity contribution in [1.82, 2.24) is 0 Å². The van der Waals surface area contributed by atoms with Crippen molar-refractivity contribution >= 4 is 6.08 Å². The molecule has 1 rings (SSSR count). The SMILES string of the molecule is CC.CC.COc1ccc(C)cc1/C=C/CCC(C)(C)OC. The maximum Gasteiger partial charge on any atom is 0.126 e. The summed E-state index contributed by atoms with van der Waals surface area (Å²) in [4.78, 5) is 0. The average Bonchev–Trinajstić information content (AvgIpc) is 2.55. The third kappa shape index (κ3) is 9.62. The molecule has 0 aliphatic rings. The van der Waals surface area contributed by atoms with E-state index >= 15 is 0 Å². The van der Waals surface area contributed by atoms with Crippen LogP contribution in [0.2, 0.25) is 0 Å². The predicted molar refractivity (Wildman–Crippen MR) is 99.8 cm³/mol. The van der Waals surface area contributed by atoms with E-state index in [0.717, 1.165) is 24.2 Å². The maximum atomic E-state index is 5.40. The van der Waals surface area contributed by atoms with Crippen LogP contribution in [-0.4, -0.2) is 19.8 Å². The first-order valence-corrected chi connectivity index (χ1v) is 8.35. The molecule has 0 bridgehead atoms. The van der Waals surface area contributed by atoms with Crippen LogP contribution in [0.3, 0.4) is 0 Å². The van der Waals surface area contributed by atoms with Crippen LogP contribution < -0.4 is 4.74 Å². The Bertz CT molecular complexity index is 406. The number of ether oxygens (including phenoxy) is 2. The van der Waals surface area contributed by atoms with Gasteiger partial charge in [-0.2, -0.15) is 0 Å². The second-order valence-corrected chi connectivity index (χ2v) is 5.15. The fraction of sp³-hybridized carbons (Fsp3) is 0.600. The van der Waals surface area contributed by atoms with Gasteiger partial charge in [0, 0.05) is 12.7 Å². The Labute approximate surface area is 138 Å². The van der Waals surface area contributed by atoms with Gasteiger partial charge in [0.05, 0.1) is 12.7 Å². The van der Waals surface area contributed by atoms with Gasteiger partial charge in [-0.05, 0) is 45.7 Å². The van der Waals surface area contributed by atoms with Gasteiger partial charge in [-0.15, -0.1) is 0 Å². The number of benzene rings is 1. The molecule has 0 aliphatic heterocycles. The smallest absolute Gasteiger partial charge is 0.126 e. The minimum atomic E-state index is -0.0545. The Balaban J connectivity index is 0. The largest absolute Gasteiger partial charge is 0.496 e. The third-order valence-corrected chi connectivity index (χ3v) is 3.15. The molecule has 0 saturated heterocycles. The average molecular weight is 309 g/mol. The molecule has 1 aromatic carbocycles. The van der Waals surface area contributed by atoms with Crippen molar-refractivity contribution in [3.63, 3.8) is 0 Å². The zero-order chi connectivity index (χ0) is 17.6. The standard InChI is InChI=1S/C16H24O2.2C2H6/c1-13-9-10-15(17-4)14(12-13)8-6-7-11-16(2,3)18-5;2*1-2/h6,8-10,12H,7,11H2,1-5H3;2*1-2H3/b8-6+;;. The molecule has 0 heterocycles. The minimum absolute atomic E-state index is 0.0545. The molecule has 0 atom stereocenters. The van der Waals surface area contributed by atoms with Crippen LogP contribution >= 0.6 is 0 Å². The van der Waals surface area contributed by atoms with Crippen molar-refractivity contribution in [2.45, 2.75) is 66.9 Å². The predicted octanol–water partition coefficient (Wildman–Crippen LogP) is 6.27. The van der Waals surface area contributed by atoms with Gasteiger partial charge in [0.2, 0.25) is 0 Å². The summed E-state index contributed by atoms with van der Waals surface area (Å²) in [6, 6.07) is 6.20. The highest BCUT2D eigenvalue weighted by Gasteiger charge is 2.14. The van der Waals surface area contributed by atoms with E-state index in [-0.39, 0.29) is 5.60 Å². The summed E-state index contributed by atoms with van der Waals surface area (Å²) in [6.45, 7) is 14.3. The lowest BCUT2D eigenvalue weighted by molar-refractivity contribution is 0.0164. The quantitative estimate of drug-likeness (QED) is 0.616. The number of hydrogen-bond acceptors (Lipinski definition) is 2. The number of methoxy groups -OCH3 is 2. The topological polar surface area (TPSA) is 18.5 Å². The highest BCUT2D eigenvalue weighted by molar-refractivity contribution is 5.58. The van der Waals surface area contributed by atoms with E-state index in [4.69, 9.17) is 9.47 Å². The number of aryl methyl sites for hydroxylation is 1. The number of hydrogen-bond donors (Lipinski definition) is 0. The molecule has 128 valence electrons. The van der Waals surface area contributed by atoms with Gasteiger partial charge in [-0.25, -0.2) is 0 Å². The van der Waals surface area contributed by atoms with Gasteiger partial charge in [0.1, 0.15) is 5.75 Å². The summed E-state index contributed by atoms with van der Waals surface area (Å²) in [5, 5.41) is 0. The first-order chi connectivity index (χ1) is 10.5. The molecular formula is C20H36O2. The van der Waals surface area contributed by atoms with Gasteiger partial charge in [0.15, 0.2) is 0 Å². The molecule has 0 aliphatic carbocycles. The van der Waals surface area contributed by atoms with Crippen LogP contribution in [0.4, 0.5) is 0 Å². The minimum Gasteiger partial charge on any atom is -0.496 e. The highest BCUT2D eigenvalue weighted by atomic mass is 16.5. The zero-order valence-electron chi connectivity index (χ0n) is 16.1. The third-order valence-electron chi connectivity index (χ3n) is 3.15. The van der Waals surface area contributed by atoms with Crippen molar-refractivity contribution < 1.29 is 9.47 Å². The lowest BCUT2D eigenvalue weighted by Gasteiger charge is -2.21. The Kier molecular flexibility index (Phi) is 14.0. The molecule has 2 nitrogen and oxygen atoms in total. The Hall–Kier alpha value is -1.28. The van der Waals surface area contributed by atoms with Gasteiger partial charge in [-0.3, -0.25) is 0 Å². The number of allylic oxidation sites excluding steroid dienone is 1. The molecule has 0 N–H and O–H groups in total. The van der Waals surface area contributed by atoms with Crippen molar-refractivity contribution in [1.29, 1.82) is 0 Å². The summed E-state index contributed by atoms with van der Waals surface area (Å²) >= 11 is 0. The molecule has 0 fully saturated rings. The Morgan fingerprint density at radius 1 is 1.05 bits per heavy atom. The van der Waals surface area contributed by atoms with Crippen LogP contribution in [0.1, 0.15) is 65.5 Å². The summed E-state index contributed by atoms with van der Waals surface area (Å²) in [5.74, 6) is 0.919. The van der Waals surface area contributed by atoms with Crippen molar-refractivity contribution in [3.8, 4) is 5.75 Å². The van der Waals surface area contributed by atoms with E-state index in [1.807, 2.05) is 33.8 Å². The van der Waals surface area contributed by atoms with Crippen LogP contribution in [0.5, 0.6) is 5.75 Å². The second kappa shape index (κ2) is 13.4. The fourth-order valence-corrected chi connectivity index (χ4v) is 1.73. The van der Waals surface area contributed by atoms with Crippen LogP contribution in [0.25, 0.3) is 6.08 Å². The molecule has 0 unspecified atom stereocenters. The Morgan fingerprint density at radius 3 is 2.14 bits per heavy atom. The van der Waals surface area contributed by atoms with Gasteiger partial charge in [0.25, 0.3) is 0 Å². The Morgan fingerprint density at radius 2 is 1.64 bits per heavy atom. The van der Waals surface area contributed by atoms with Crippen molar-refractivity contribution in [2.75, 3.05) is 14.2 Å². The molecule has 0 amide bonds. The summed E-state index contributed by atoms with van der Waals surface area (Å²) < 4.78 is 10.7. The van der Waals surface area contributed by atoms with Crippen LogP contribution in [0.15, 0.2) is 24.3 Å². The van der Waals surface area contributed by atoms with E-state index in [2.05, 4.69) is 45.1 Å². The summed E-state index contributed by atoms with van der Waals surface area (Å²) in [5.41, 5.74) is 2.32. The summed E-state index contributed by atoms with van der Waals surface area (Å²) in [6.07, 6.45) is 6.31. The fourth-order valence-electron chi connectivity index (χ4n) is 1.73. The first kappa shape index (κ1) is 23.0. The lowest BCUT2D eigenvalue weighted by atomic mass is 10.0. The molecular weight excluding hydrogens is 272 g/mol. The van der Waals surface area contributed by atoms with E-state index in [1.165, 1.54) is 5.56 Å². The van der Waals surface area contributed by atoms with E-state index in [1.54, 1.807) is 14.2 Å². The highest BCUT2D eigenvalue weighted by Crippen LogP contribution is 2.22. The van der Waals surface area contributed by atoms with Crippen molar-refractivity contribution in [3.05, 3.63) is 35.4 Å². The number of rotatable bonds is 6. The molecule has 0 spiro atoms. The van der Waals surface area contributed by atoms with Crippen LogP contribution in [-0.2, 0) is 4.74 Å². The van der Waals surface area contributed by atoms with Crippen molar-refractivity contribution in [2.24, 2.45) is 0 Å². The van der Waals surface area contributed by atoms with E-state index in [0.29, 0.717) is 0 Å². The lowest BCUT2D eigenvalue weighted by Crippen LogP contribution is -2.21. The van der Waals surface area contributed by atoms with Gasteiger partial charge < -0.3 is 9.47 Å². The second-order valence-electron chi connectivity index (χ2n) is 5.15. The molecule has 0 saturated carbocycles. The van der Waals surface area contributed by atoms with Gasteiger partial charge >= 0.3 is 0 Å². The molecule has 0 radical (unpaired) electrons. The monoisotopic (exact) mass is 308 g/mol. The van der Waals surface area contributed by atoms with E-state index in [9.17, 15) is 0 Å².